The molecular formula is C21H32N4O2. The van der Waals surface area contributed by atoms with Gasteiger partial charge >= 0.3 is 0 Å². The fourth-order valence-corrected chi connectivity index (χ4v) is 4.90. The Labute approximate surface area is 161 Å². The Hall–Kier alpha value is -1.72. The average Bonchev–Trinajstić information content (AvgIpc) is 3.31. The van der Waals surface area contributed by atoms with Crippen LogP contribution in [-0.2, 0) is 0 Å². The van der Waals surface area contributed by atoms with E-state index in [2.05, 4.69) is 41.2 Å². The van der Waals surface area contributed by atoms with Gasteiger partial charge in [-0.25, -0.2) is 0 Å². The maximum atomic E-state index is 6.18. The number of nitrogens with zero attached hydrogens (tertiary/aromatic N) is 4. The molecule has 0 aliphatic heterocycles. The van der Waals surface area contributed by atoms with Crippen molar-refractivity contribution < 1.29 is 8.83 Å². The first-order chi connectivity index (χ1) is 12.9. The van der Waals surface area contributed by atoms with Gasteiger partial charge in [-0.3, -0.25) is 0 Å². The molecule has 0 radical (unpaired) electrons. The minimum Gasteiger partial charge on any atom is -0.425 e. The molecule has 0 spiro atoms. The summed E-state index contributed by atoms with van der Waals surface area (Å²) in [7, 11) is 0. The molecule has 0 aromatic carbocycles. The second kappa shape index (κ2) is 7.36. The molecule has 2 aliphatic rings. The number of hydrogen-bond acceptors (Lipinski definition) is 6. The van der Waals surface area contributed by atoms with E-state index in [9.17, 15) is 0 Å². The standard InChI is InChI=1S/C21H32N4O2/c1-13-22-23-19(26-13)15-6-5-7-16(12-15)20-25-24-18(27-20)14-8-10-17(11-9-14)21(2,3)4/h14-17H,5-12H2,1-4H3. The minimum atomic E-state index is 0.308. The van der Waals surface area contributed by atoms with Gasteiger partial charge in [0, 0.05) is 24.7 Å². The van der Waals surface area contributed by atoms with Gasteiger partial charge in [0.25, 0.3) is 0 Å². The molecule has 148 valence electrons. The van der Waals surface area contributed by atoms with Crippen LogP contribution in [0.5, 0.6) is 0 Å². The topological polar surface area (TPSA) is 77.8 Å². The van der Waals surface area contributed by atoms with Gasteiger partial charge < -0.3 is 8.83 Å². The van der Waals surface area contributed by atoms with Crippen molar-refractivity contribution in [2.24, 2.45) is 11.3 Å². The number of aryl methyl sites for hydroxylation is 1. The third-order valence-corrected chi connectivity index (χ3v) is 6.67. The molecule has 0 N–H and O–H groups in total. The van der Waals surface area contributed by atoms with Crippen LogP contribution in [0.3, 0.4) is 0 Å². The van der Waals surface area contributed by atoms with E-state index in [0.717, 1.165) is 62.1 Å². The summed E-state index contributed by atoms with van der Waals surface area (Å²) in [6.45, 7) is 8.91. The Morgan fingerprint density at radius 2 is 1.26 bits per heavy atom. The van der Waals surface area contributed by atoms with E-state index in [1.807, 2.05) is 6.92 Å². The monoisotopic (exact) mass is 372 g/mol. The highest BCUT2D eigenvalue weighted by Crippen LogP contribution is 2.44. The summed E-state index contributed by atoms with van der Waals surface area (Å²) in [5, 5.41) is 17.1. The van der Waals surface area contributed by atoms with Crippen molar-refractivity contribution in [1.82, 2.24) is 20.4 Å². The second-order valence-electron chi connectivity index (χ2n) is 9.61. The van der Waals surface area contributed by atoms with Crippen molar-refractivity contribution in [2.75, 3.05) is 0 Å². The molecule has 0 bridgehead atoms. The normalized spacial score (nSPS) is 29.8. The molecule has 2 fully saturated rings. The van der Waals surface area contributed by atoms with E-state index in [1.54, 1.807) is 0 Å². The molecule has 0 amide bonds. The quantitative estimate of drug-likeness (QED) is 0.705. The van der Waals surface area contributed by atoms with E-state index in [-0.39, 0.29) is 0 Å². The van der Waals surface area contributed by atoms with E-state index in [4.69, 9.17) is 8.83 Å². The third-order valence-electron chi connectivity index (χ3n) is 6.67. The number of aromatic nitrogens is 4. The average molecular weight is 373 g/mol. The van der Waals surface area contributed by atoms with Crippen molar-refractivity contribution in [3.8, 4) is 0 Å². The predicted octanol–water partition coefficient (Wildman–Crippen LogP) is 5.52. The lowest BCUT2D eigenvalue weighted by Crippen LogP contribution is -2.25. The fourth-order valence-electron chi connectivity index (χ4n) is 4.90. The second-order valence-corrected chi connectivity index (χ2v) is 9.61. The van der Waals surface area contributed by atoms with Crippen LogP contribution < -0.4 is 0 Å². The minimum absolute atomic E-state index is 0.308. The third kappa shape index (κ3) is 4.09. The van der Waals surface area contributed by atoms with Crippen molar-refractivity contribution >= 4 is 0 Å². The van der Waals surface area contributed by atoms with Gasteiger partial charge in [0.1, 0.15) is 0 Å². The maximum absolute atomic E-state index is 6.18. The van der Waals surface area contributed by atoms with Crippen LogP contribution in [0.1, 0.15) is 113 Å². The Kier molecular flexibility index (Phi) is 5.08. The van der Waals surface area contributed by atoms with Crippen molar-refractivity contribution in [3.63, 3.8) is 0 Å². The number of hydrogen-bond donors (Lipinski definition) is 0. The van der Waals surface area contributed by atoms with E-state index in [0.29, 0.717) is 29.1 Å². The van der Waals surface area contributed by atoms with Gasteiger partial charge in [-0.2, -0.15) is 0 Å². The van der Waals surface area contributed by atoms with Crippen molar-refractivity contribution in [2.45, 2.75) is 96.8 Å². The summed E-state index contributed by atoms with van der Waals surface area (Å²) >= 11 is 0. The molecule has 2 unspecified atom stereocenters. The van der Waals surface area contributed by atoms with Gasteiger partial charge in [-0.15, -0.1) is 20.4 Å². The van der Waals surface area contributed by atoms with Gasteiger partial charge in [0.05, 0.1) is 0 Å². The van der Waals surface area contributed by atoms with Gasteiger partial charge in [0.15, 0.2) is 0 Å². The smallest absolute Gasteiger partial charge is 0.219 e. The zero-order valence-corrected chi connectivity index (χ0v) is 17.1. The molecule has 2 heterocycles. The molecule has 6 heteroatoms. The predicted molar refractivity (Wildman–Crippen MR) is 101 cm³/mol. The first-order valence-corrected chi connectivity index (χ1v) is 10.5. The highest BCUT2D eigenvalue weighted by molar-refractivity contribution is 5.03. The van der Waals surface area contributed by atoms with Crippen LogP contribution in [0.15, 0.2) is 8.83 Å². The molecule has 6 nitrogen and oxygen atoms in total. The van der Waals surface area contributed by atoms with Crippen LogP contribution in [0.2, 0.25) is 0 Å². The summed E-state index contributed by atoms with van der Waals surface area (Å²) in [6, 6.07) is 0. The Bertz CT molecular complexity index is 752. The largest absolute Gasteiger partial charge is 0.425 e. The molecular weight excluding hydrogens is 340 g/mol. The van der Waals surface area contributed by atoms with E-state index in [1.165, 1.54) is 12.8 Å². The lowest BCUT2D eigenvalue weighted by Gasteiger charge is -2.36. The molecule has 2 aromatic rings. The fraction of sp³-hybridized carbons (Fsp3) is 0.810. The molecule has 0 saturated heterocycles. The summed E-state index contributed by atoms with van der Waals surface area (Å²) in [6.07, 6.45) is 9.13. The molecule has 2 atom stereocenters. The van der Waals surface area contributed by atoms with Gasteiger partial charge in [-0.05, 0) is 56.3 Å². The highest BCUT2D eigenvalue weighted by atomic mass is 16.4. The Balaban J connectivity index is 1.39. The summed E-state index contributed by atoms with van der Waals surface area (Å²) < 4.78 is 11.8. The van der Waals surface area contributed by atoms with E-state index >= 15 is 0 Å². The van der Waals surface area contributed by atoms with Crippen LogP contribution >= 0.6 is 0 Å². The highest BCUT2D eigenvalue weighted by Gasteiger charge is 2.34. The zero-order chi connectivity index (χ0) is 19.0. The molecule has 27 heavy (non-hydrogen) atoms. The summed E-state index contributed by atoms with van der Waals surface area (Å²) in [4.78, 5) is 0. The van der Waals surface area contributed by atoms with Crippen LogP contribution in [0.25, 0.3) is 0 Å². The first kappa shape index (κ1) is 18.6. The zero-order valence-electron chi connectivity index (χ0n) is 17.1. The van der Waals surface area contributed by atoms with Crippen LogP contribution in [0, 0.1) is 18.3 Å². The Morgan fingerprint density at radius 3 is 1.81 bits per heavy atom. The molecule has 2 aromatic heterocycles. The van der Waals surface area contributed by atoms with Gasteiger partial charge in [0.2, 0.25) is 23.6 Å². The Morgan fingerprint density at radius 1 is 0.704 bits per heavy atom. The summed E-state index contributed by atoms with van der Waals surface area (Å²) in [5.74, 6) is 4.91. The van der Waals surface area contributed by atoms with E-state index < -0.39 is 0 Å². The maximum Gasteiger partial charge on any atom is 0.219 e. The van der Waals surface area contributed by atoms with Crippen LogP contribution in [-0.4, -0.2) is 20.4 Å². The lowest BCUT2D eigenvalue weighted by atomic mass is 9.70. The SMILES string of the molecule is Cc1nnc(C2CCCC(c3nnc(C4CCC(C(C)(C)C)CC4)o3)C2)o1. The summed E-state index contributed by atoms with van der Waals surface area (Å²) in [5.41, 5.74) is 0.398. The lowest BCUT2D eigenvalue weighted by molar-refractivity contribution is 0.160. The van der Waals surface area contributed by atoms with Gasteiger partial charge in [-0.1, -0.05) is 27.2 Å². The first-order valence-electron chi connectivity index (χ1n) is 10.5. The molecule has 2 aliphatic carbocycles. The number of rotatable bonds is 3. The van der Waals surface area contributed by atoms with Crippen molar-refractivity contribution in [3.05, 3.63) is 23.6 Å². The molecule has 2 saturated carbocycles. The van der Waals surface area contributed by atoms with Crippen molar-refractivity contribution in [1.29, 1.82) is 0 Å². The molecule has 4 rings (SSSR count). The van der Waals surface area contributed by atoms with Crippen LogP contribution in [0.4, 0.5) is 0 Å².